The SMILES string of the molecule is CNC(=O)c1ccc(Sc2nnc(C3CC3)n2C2CC2)c([N+](=O)[O-])c1. The Morgan fingerprint density at radius 1 is 1.32 bits per heavy atom. The van der Waals surface area contributed by atoms with Crippen LogP contribution < -0.4 is 5.32 Å². The van der Waals surface area contributed by atoms with Crippen LogP contribution in [0.4, 0.5) is 5.69 Å². The van der Waals surface area contributed by atoms with Crippen LogP contribution in [0.2, 0.25) is 0 Å². The first kappa shape index (κ1) is 16.1. The van der Waals surface area contributed by atoms with Crippen molar-refractivity contribution in [1.29, 1.82) is 0 Å². The van der Waals surface area contributed by atoms with Gasteiger partial charge in [0, 0.05) is 30.6 Å². The minimum atomic E-state index is -0.464. The summed E-state index contributed by atoms with van der Waals surface area (Å²) < 4.78 is 2.15. The zero-order valence-corrected chi connectivity index (χ0v) is 14.5. The summed E-state index contributed by atoms with van der Waals surface area (Å²) in [6, 6.07) is 4.92. The third-order valence-corrected chi connectivity index (χ3v) is 5.42. The van der Waals surface area contributed by atoms with Crippen LogP contribution in [0.5, 0.6) is 0 Å². The Morgan fingerprint density at radius 2 is 2.08 bits per heavy atom. The zero-order chi connectivity index (χ0) is 17.6. The normalized spacial score (nSPS) is 16.7. The van der Waals surface area contributed by atoms with Crippen LogP contribution in [0, 0.1) is 10.1 Å². The maximum atomic E-state index is 11.7. The van der Waals surface area contributed by atoms with E-state index in [1.165, 1.54) is 24.9 Å². The van der Waals surface area contributed by atoms with Crippen molar-refractivity contribution in [2.24, 2.45) is 0 Å². The summed E-state index contributed by atoms with van der Waals surface area (Å²) in [6.45, 7) is 0. The average Bonchev–Trinajstić information content (AvgIpc) is 3.53. The van der Waals surface area contributed by atoms with Crippen molar-refractivity contribution < 1.29 is 9.72 Å². The summed E-state index contributed by atoms with van der Waals surface area (Å²) in [5.74, 6) is 1.14. The molecule has 130 valence electrons. The van der Waals surface area contributed by atoms with Crippen LogP contribution in [-0.2, 0) is 0 Å². The summed E-state index contributed by atoms with van der Waals surface area (Å²) in [6.07, 6.45) is 4.47. The van der Waals surface area contributed by atoms with E-state index in [0.29, 0.717) is 22.0 Å². The molecular formula is C16H17N5O3S. The highest BCUT2D eigenvalue weighted by Crippen LogP contribution is 2.47. The Kier molecular flexibility index (Phi) is 3.95. The number of amides is 1. The third-order valence-electron chi connectivity index (χ3n) is 4.39. The fourth-order valence-electron chi connectivity index (χ4n) is 2.78. The molecule has 2 aromatic rings. The van der Waals surface area contributed by atoms with Crippen LogP contribution in [0.1, 0.15) is 53.8 Å². The van der Waals surface area contributed by atoms with Crippen LogP contribution in [0.3, 0.4) is 0 Å². The number of rotatable bonds is 6. The second-order valence-electron chi connectivity index (χ2n) is 6.34. The van der Waals surface area contributed by atoms with Crippen LogP contribution in [0.25, 0.3) is 0 Å². The lowest BCUT2D eigenvalue weighted by molar-refractivity contribution is -0.387. The van der Waals surface area contributed by atoms with Gasteiger partial charge in [-0.25, -0.2) is 0 Å². The second-order valence-corrected chi connectivity index (χ2v) is 7.35. The lowest BCUT2D eigenvalue weighted by atomic mass is 10.2. The molecule has 1 aromatic carbocycles. The van der Waals surface area contributed by atoms with Crippen molar-refractivity contribution in [1.82, 2.24) is 20.1 Å². The first-order valence-electron chi connectivity index (χ1n) is 8.21. The number of carbonyl (C=O) groups excluding carboxylic acids is 1. The molecule has 0 spiro atoms. The van der Waals surface area contributed by atoms with Gasteiger partial charge < -0.3 is 9.88 Å². The van der Waals surface area contributed by atoms with Gasteiger partial charge in [0.1, 0.15) is 5.82 Å². The highest BCUT2D eigenvalue weighted by molar-refractivity contribution is 7.99. The van der Waals surface area contributed by atoms with Crippen molar-refractivity contribution in [2.75, 3.05) is 7.05 Å². The number of nitro benzene ring substituents is 1. The van der Waals surface area contributed by atoms with Crippen molar-refractivity contribution in [3.63, 3.8) is 0 Å². The standard InChI is InChI=1S/C16H17N5O3S/c1-17-15(22)10-4-7-13(12(8-10)21(23)24)25-16-19-18-14(9-2-3-9)20(16)11-5-6-11/h4,7-9,11H,2-3,5-6H2,1H3,(H,17,22). The largest absolute Gasteiger partial charge is 0.355 e. The predicted molar refractivity (Wildman–Crippen MR) is 90.9 cm³/mol. The summed E-state index contributed by atoms with van der Waals surface area (Å²) in [4.78, 5) is 23.2. The van der Waals surface area contributed by atoms with Crippen molar-refractivity contribution in [3.8, 4) is 0 Å². The molecule has 1 aromatic heterocycles. The Bertz CT molecular complexity index is 857. The topological polar surface area (TPSA) is 103 Å². The Hall–Kier alpha value is -2.42. The maximum absolute atomic E-state index is 11.7. The monoisotopic (exact) mass is 359 g/mol. The average molecular weight is 359 g/mol. The second kappa shape index (κ2) is 6.14. The molecule has 2 aliphatic carbocycles. The molecule has 2 aliphatic rings. The maximum Gasteiger partial charge on any atom is 0.284 e. The number of nitro groups is 1. The molecule has 0 atom stereocenters. The molecule has 8 nitrogen and oxygen atoms in total. The Labute approximate surface area is 148 Å². The highest BCUT2D eigenvalue weighted by atomic mass is 32.2. The molecule has 1 amide bonds. The van der Waals surface area contributed by atoms with Crippen LogP contribution in [-0.4, -0.2) is 32.6 Å². The minimum Gasteiger partial charge on any atom is -0.355 e. The summed E-state index contributed by atoms with van der Waals surface area (Å²) in [5, 5.41) is 23.2. The molecule has 2 saturated carbocycles. The molecule has 2 fully saturated rings. The van der Waals surface area contributed by atoms with Crippen LogP contribution in [0.15, 0.2) is 28.3 Å². The zero-order valence-electron chi connectivity index (χ0n) is 13.6. The van der Waals surface area contributed by atoms with E-state index in [0.717, 1.165) is 31.5 Å². The van der Waals surface area contributed by atoms with E-state index in [9.17, 15) is 14.9 Å². The van der Waals surface area contributed by atoms with E-state index in [-0.39, 0.29) is 17.2 Å². The van der Waals surface area contributed by atoms with E-state index in [4.69, 9.17) is 0 Å². The molecule has 0 bridgehead atoms. The molecule has 4 rings (SSSR count). The van der Waals surface area contributed by atoms with Gasteiger partial charge in [0.15, 0.2) is 5.16 Å². The highest BCUT2D eigenvalue weighted by Gasteiger charge is 2.36. The first-order chi connectivity index (χ1) is 12.1. The Morgan fingerprint density at radius 3 is 2.68 bits per heavy atom. The number of benzene rings is 1. The molecule has 9 heteroatoms. The molecule has 0 aliphatic heterocycles. The number of nitrogens with one attached hydrogen (secondary N) is 1. The number of nitrogens with zero attached hydrogens (tertiary/aromatic N) is 4. The molecule has 0 radical (unpaired) electrons. The van der Waals surface area contributed by atoms with Crippen molar-refractivity contribution in [3.05, 3.63) is 39.7 Å². The Balaban J connectivity index is 1.69. The first-order valence-corrected chi connectivity index (χ1v) is 9.03. The molecule has 1 heterocycles. The lowest BCUT2D eigenvalue weighted by Gasteiger charge is -2.09. The number of hydrogen-bond acceptors (Lipinski definition) is 6. The quantitative estimate of drug-likeness (QED) is 0.628. The van der Waals surface area contributed by atoms with Gasteiger partial charge in [-0.3, -0.25) is 14.9 Å². The summed E-state index contributed by atoms with van der Waals surface area (Å²) in [7, 11) is 1.49. The van der Waals surface area contributed by atoms with Gasteiger partial charge in [0.05, 0.1) is 9.82 Å². The lowest BCUT2D eigenvalue weighted by Crippen LogP contribution is -2.17. The van der Waals surface area contributed by atoms with Crippen LogP contribution >= 0.6 is 11.8 Å². The van der Waals surface area contributed by atoms with Crippen molar-refractivity contribution >= 4 is 23.4 Å². The molecule has 0 unspecified atom stereocenters. The van der Waals surface area contributed by atoms with Gasteiger partial charge in [-0.2, -0.15) is 0 Å². The van der Waals surface area contributed by atoms with Crippen molar-refractivity contribution in [2.45, 2.75) is 47.7 Å². The molecular weight excluding hydrogens is 342 g/mol. The van der Waals surface area contributed by atoms with E-state index in [1.807, 2.05) is 0 Å². The van der Waals surface area contributed by atoms with Gasteiger partial charge in [0.2, 0.25) is 0 Å². The smallest absolute Gasteiger partial charge is 0.284 e. The number of hydrogen-bond donors (Lipinski definition) is 1. The molecule has 0 saturated heterocycles. The van der Waals surface area contributed by atoms with E-state index in [1.54, 1.807) is 12.1 Å². The van der Waals surface area contributed by atoms with Gasteiger partial charge in [-0.15, -0.1) is 10.2 Å². The predicted octanol–water partition coefficient (Wildman–Crippen LogP) is 2.91. The summed E-state index contributed by atoms with van der Waals surface area (Å²) >= 11 is 1.25. The van der Waals surface area contributed by atoms with E-state index in [2.05, 4.69) is 20.1 Å². The van der Waals surface area contributed by atoms with E-state index >= 15 is 0 Å². The fourth-order valence-corrected chi connectivity index (χ4v) is 3.78. The minimum absolute atomic E-state index is 0.0931. The summed E-state index contributed by atoms with van der Waals surface area (Å²) in [5.41, 5.74) is 0.172. The third kappa shape index (κ3) is 3.11. The molecule has 1 N–H and O–H groups in total. The van der Waals surface area contributed by atoms with Gasteiger partial charge in [-0.1, -0.05) is 0 Å². The number of aromatic nitrogens is 3. The van der Waals surface area contributed by atoms with Gasteiger partial charge >= 0.3 is 0 Å². The van der Waals surface area contributed by atoms with Gasteiger partial charge in [-0.05, 0) is 49.6 Å². The molecule has 25 heavy (non-hydrogen) atoms. The fraction of sp³-hybridized carbons (Fsp3) is 0.438. The van der Waals surface area contributed by atoms with Gasteiger partial charge in [0.25, 0.3) is 11.6 Å². The van der Waals surface area contributed by atoms with E-state index < -0.39 is 4.92 Å². The number of carbonyl (C=O) groups is 1.